The molecule has 0 unspecified atom stereocenters. The second-order valence-electron chi connectivity index (χ2n) is 4.24. The van der Waals surface area contributed by atoms with E-state index < -0.39 is 4.92 Å². The molecule has 0 aromatic heterocycles. The van der Waals surface area contributed by atoms with Gasteiger partial charge in [-0.3, -0.25) is 10.1 Å². The van der Waals surface area contributed by atoms with E-state index in [1.807, 2.05) is 24.3 Å². The Morgan fingerprint density at radius 3 is 2.35 bits per heavy atom. The van der Waals surface area contributed by atoms with Crippen LogP contribution in [0.1, 0.15) is 24.8 Å². The highest BCUT2D eigenvalue weighted by Crippen LogP contribution is 2.20. The molecule has 0 atom stereocenters. The summed E-state index contributed by atoms with van der Waals surface area (Å²) in [7, 11) is 0. The van der Waals surface area contributed by atoms with Crippen molar-refractivity contribution < 1.29 is 4.92 Å². The summed E-state index contributed by atoms with van der Waals surface area (Å²) in [6.45, 7) is 2.23. The normalized spacial score (nSPS) is 16.4. The van der Waals surface area contributed by atoms with Gasteiger partial charge in [-0.15, -0.1) is 0 Å². The van der Waals surface area contributed by atoms with E-state index in [4.69, 9.17) is 0 Å². The van der Waals surface area contributed by atoms with Crippen LogP contribution in [0.2, 0.25) is 0 Å². The Kier molecular flexibility index (Phi) is 3.75. The summed E-state index contributed by atoms with van der Waals surface area (Å²) in [5, 5.41) is 10.2. The van der Waals surface area contributed by atoms with Crippen molar-refractivity contribution >= 4 is 11.8 Å². The number of hydrogen-bond donors (Lipinski definition) is 0. The van der Waals surface area contributed by atoms with E-state index in [9.17, 15) is 10.1 Å². The highest BCUT2D eigenvalue weighted by molar-refractivity contribution is 5.55. The first-order valence-electron chi connectivity index (χ1n) is 5.92. The third-order valence-electron chi connectivity index (χ3n) is 3.00. The molecule has 90 valence electrons. The lowest BCUT2D eigenvalue weighted by Crippen LogP contribution is -2.29. The average molecular weight is 232 g/mol. The second kappa shape index (κ2) is 5.48. The standard InChI is InChI=1S/C13H16N2O2/c16-15(17)11-8-12-4-6-13(7-5-12)14-9-2-1-3-10-14/h4-8,11H,1-3,9-10H2. The summed E-state index contributed by atoms with van der Waals surface area (Å²) < 4.78 is 0. The maximum Gasteiger partial charge on any atom is 0.235 e. The third-order valence-corrected chi connectivity index (χ3v) is 3.00. The smallest absolute Gasteiger partial charge is 0.235 e. The number of hydrogen-bond acceptors (Lipinski definition) is 3. The zero-order valence-corrected chi connectivity index (χ0v) is 9.71. The summed E-state index contributed by atoms with van der Waals surface area (Å²) in [5.74, 6) is 0. The van der Waals surface area contributed by atoms with Crippen LogP contribution in [0.5, 0.6) is 0 Å². The van der Waals surface area contributed by atoms with E-state index in [0.29, 0.717) is 0 Å². The molecule has 0 N–H and O–H groups in total. The molecule has 0 spiro atoms. The molecule has 1 aliphatic heterocycles. The summed E-state index contributed by atoms with van der Waals surface area (Å²) in [4.78, 5) is 12.1. The highest BCUT2D eigenvalue weighted by atomic mass is 16.6. The Labute approximate surface area is 101 Å². The summed E-state index contributed by atoms with van der Waals surface area (Å²) in [6.07, 6.45) is 6.31. The molecule has 0 saturated carbocycles. The zero-order valence-electron chi connectivity index (χ0n) is 9.71. The van der Waals surface area contributed by atoms with Gasteiger partial charge in [-0.1, -0.05) is 12.1 Å². The maximum absolute atomic E-state index is 10.2. The molecule has 0 radical (unpaired) electrons. The van der Waals surface area contributed by atoms with Crippen LogP contribution in [-0.4, -0.2) is 18.0 Å². The SMILES string of the molecule is O=[N+]([O-])C=Cc1ccc(N2CCCCC2)cc1. The molecule has 0 aliphatic carbocycles. The molecule has 17 heavy (non-hydrogen) atoms. The molecule has 1 saturated heterocycles. The molecule has 0 amide bonds. The fourth-order valence-electron chi connectivity index (χ4n) is 2.10. The molecular weight excluding hydrogens is 216 g/mol. The van der Waals surface area contributed by atoms with E-state index in [1.54, 1.807) is 0 Å². The van der Waals surface area contributed by atoms with E-state index in [2.05, 4.69) is 4.90 Å². The van der Waals surface area contributed by atoms with Crippen molar-refractivity contribution in [1.82, 2.24) is 0 Å². The number of anilines is 1. The largest absolute Gasteiger partial charge is 0.372 e. The van der Waals surface area contributed by atoms with Crippen molar-refractivity contribution in [3.63, 3.8) is 0 Å². The molecule has 1 aromatic carbocycles. The van der Waals surface area contributed by atoms with E-state index in [-0.39, 0.29) is 0 Å². The fraction of sp³-hybridized carbons (Fsp3) is 0.385. The summed E-state index contributed by atoms with van der Waals surface area (Å²) >= 11 is 0. The van der Waals surface area contributed by atoms with Crippen LogP contribution in [-0.2, 0) is 0 Å². The Morgan fingerprint density at radius 2 is 1.76 bits per heavy atom. The molecule has 1 fully saturated rings. The lowest BCUT2D eigenvalue weighted by Gasteiger charge is -2.28. The van der Waals surface area contributed by atoms with Gasteiger partial charge in [-0.2, -0.15) is 0 Å². The molecule has 4 heteroatoms. The topological polar surface area (TPSA) is 46.4 Å². The maximum atomic E-state index is 10.2. The van der Waals surface area contributed by atoms with Gasteiger partial charge in [0.05, 0.1) is 4.92 Å². The molecule has 1 aliphatic rings. The average Bonchev–Trinajstić information content (AvgIpc) is 2.38. The Hall–Kier alpha value is -1.84. The highest BCUT2D eigenvalue weighted by Gasteiger charge is 2.09. The summed E-state index contributed by atoms with van der Waals surface area (Å²) in [5.41, 5.74) is 2.07. The van der Waals surface area contributed by atoms with Crippen molar-refractivity contribution in [3.8, 4) is 0 Å². The van der Waals surface area contributed by atoms with E-state index >= 15 is 0 Å². The van der Waals surface area contributed by atoms with Crippen LogP contribution in [0.15, 0.2) is 30.5 Å². The first-order chi connectivity index (χ1) is 8.25. The van der Waals surface area contributed by atoms with Crippen LogP contribution in [0.25, 0.3) is 6.08 Å². The van der Waals surface area contributed by atoms with Crippen molar-refractivity contribution in [2.45, 2.75) is 19.3 Å². The van der Waals surface area contributed by atoms with Crippen LogP contribution in [0.4, 0.5) is 5.69 Å². The number of nitrogens with zero attached hydrogens (tertiary/aromatic N) is 2. The summed E-state index contributed by atoms with van der Waals surface area (Å²) in [6, 6.07) is 7.91. The van der Waals surface area contributed by atoms with Gasteiger partial charge in [0.15, 0.2) is 0 Å². The van der Waals surface area contributed by atoms with Crippen molar-refractivity contribution in [2.24, 2.45) is 0 Å². The monoisotopic (exact) mass is 232 g/mol. The lowest BCUT2D eigenvalue weighted by molar-refractivity contribution is -0.400. The lowest BCUT2D eigenvalue weighted by atomic mass is 10.1. The van der Waals surface area contributed by atoms with Gasteiger partial charge in [-0.25, -0.2) is 0 Å². The minimum atomic E-state index is -0.446. The molecule has 1 heterocycles. The van der Waals surface area contributed by atoms with Gasteiger partial charge in [0, 0.05) is 24.9 Å². The molecule has 4 nitrogen and oxygen atoms in total. The first-order valence-corrected chi connectivity index (χ1v) is 5.92. The third kappa shape index (κ3) is 3.31. The quantitative estimate of drug-likeness (QED) is 0.594. The van der Waals surface area contributed by atoms with Crippen LogP contribution >= 0.6 is 0 Å². The fourth-order valence-corrected chi connectivity index (χ4v) is 2.10. The Morgan fingerprint density at radius 1 is 1.12 bits per heavy atom. The minimum Gasteiger partial charge on any atom is -0.372 e. The molecule has 1 aromatic rings. The van der Waals surface area contributed by atoms with Crippen LogP contribution < -0.4 is 4.90 Å². The van der Waals surface area contributed by atoms with Crippen molar-refractivity contribution in [1.29, 1.82) is 0 Å². The number of rotatable bonds is 3. The van der Waals surface area contributed by atoms with Gasteiger partial charge < -0.3 is 4.90 Å². The van der Waals surface area contributed by atoms with Gasteiger partial charge in [0.2, 0.25) is 6.20 Å². The first kappa shape index (κ1) is 11.6. The zero-order chi connectivity index (χ0) is 12.1. The second-order valence-corrected chi connectivity index (χ2v) is 4.24. The van der Waals surface area contributed by atoms with Gasteiger partial charge >= 0.3 is 0 Å². The van der Waals surface area contributed by atoms with Crippen molar-refractivity contribution in [2.75, 3.05) is 18.0 Å². The number of benzene rings is 1. The molecular formula is C13H16N2O2. The minimum absolute atomic E-state index is 0.446. The van der Waals surface area contributed by atoms with Gasteiger partial charge in [0.1, 0.15) is 0 Å². The van der Waals surface area contributed by atoms with E-state index in [1.165, 1.54) is 31.0 Å². The number of piperidine rings is 1. The van der Waals surface area contributed by atoms with Crippen LogP contribution in [0, 0.1) is 10.1 Å². The number of nitro groups is 1. The van der Waals surface area contributed by atoms with Gasteiger partial charge in [-0.05, 0) is 37.0 Å². The Balaban J connectivity index is 2.04. The van der Waals surface area contributed by atoms with Crippen molar-refractivity contribution in [3.05, 3.63) is 46.1 Å². The predicted octanol–water partition coefficient (Wildman–Crippen LogP) is 2.92. The molecule has 0 bridgehead atoms. The van der Waals surface area contributed by atoms with E-state index in [0.717, 1.165) is 24.9 Å². The molecule has 2 rings (SSSR count). The Bertz CT molecular complexity index is 406. The van der Waals surface area contributed by atoms with Crippen LogP contribution in [0.3, 0.4) is 0 Å². The predicted molar refractivity (Wildman–Crippen MR) is 68.5 cm³/mol. The van der Waals surface area contributed by atoms with Gasteiger partial charge in [0.25, 0.3) is 0 Å².